The first-order valence-electron chi connectivity index (χ1n) is 9.48. The first-order chi connectivity index (χ1) is 14.1. The molecular formula is C22H23N3O2S2. The molecule has 1 aliphatic rings. The molecule has 1 saturated heterocycles. The van der Waals surface area contributed by atoms with Crippen molar-refractivity contribution in [2.24, 2.45) is 0 Å². The topological polar surface area (TPSA) is 56.2 Å². The lowest BCUT2D eigenvalue weighted by Crippen LogP contribution is -2.20. The highest BCUT2D eigenvalue weighted by atomic mass is 32.2. The fourth-order valence-electron chi connectivity index (χ4n) is 3.22. The number of carbonyl (C=O) groups is 1. The molecule has 0 unspecified atom stereocenters. The number of nitrogens with one attached hydrogen (secondary N) is 1. The minimum Gasteiger partial charge on any atom is -0.484 e. The van der Waals surface area contributed by atoms with E-state index in [-0.39, 0.29) is 12.5 Å². The number of aromatic nitrogens is 2. The van der Waals surface area contributed by atoms with Gasteiger partial charge < -0.3 is 10.1 Å². The SMILES string of the molecule is Cc1cc(C)n(-c2cccc(NC(=O)COc3ccc(C4SCCS4)cc3)c2)n1. The van der Waals surface area contributed by atoms with E-state index in [1.165, 1.54) is 17.1 Å². The minimum atomic E-state index is -0.193. The average Bonchev–Trinajstić information content (AvgIpc) is 3.37. The van der Waals surface area contributed by atoms with Crippen LogP contribution in [-0.4, -0.2) is 33.8 Å². The molecule has 3 aromatic rings. The molecule has 1 amide bonds. The van der Waals surface area contributed by atoms with Crippen molar-refractivity contribution in [3.63, 3.8) is 0 Å². The molecule has 1 aromatic heterocycles. The summed E-state index contributed by atoms with van der Waals surface area (Å²) < 4.78 is 8.03. The summed E-state index contributed by atoms with van der Waals surface area (Å²) in [5, 5.41) is 7.38. The molecule has 1 aliphatic heterocycles. The number of amides is 1. The monoisotopic (exact) mass is 425 g/mol. The molecule has 150 valence electrons. The molecule has 4 rings (SSSR count). The summed E-state index contributed by atoms with van der Waals surface area (Å²) in [6.45, 7) is 3.94. The van der Waals surface area contributed by atoms with Gasteiger partial charge in [0.15, 0.2) is 6.61 Å². The molecule has 7 heteroatoms. The molecule has 2 aromatic carbocycles. The summed E-state index contributed by atoms with van der Waals surface area (Å²) in [7, 11) is 0. The van der Waals surface area contributed by atoms with Crippen molar-refractivity contribution in [1.29, 1.82) is 0 Å². The lowest BCUT2D eigenvalue weighted by atomic mass is 10.2. The fourth-order valence-corrected chi connectivity index (χ4v) is 6.08. The summed E-state index contributed by atoms with van der Waals surface area (Å²) >= 11 is 3.95. The van der Waals surface area contributed by atoms with E-state index in [1.807, 2.05) is 84.5 Å². The van der Waals surface area contributed by atoms with Crippen LogP contribution >= 0.6 is 23.5 Å². The molecule has 29 heavy (non-hydrogen) atoms. The van der Waals surface area contributed by atoms with Crippen molar-refractivity contribution in [2.45, 2.75) is 18.4 Å². The summed E-state index contributed by atoms with van der Waals surface area (Å²) in [5.74, 6) is 2.91. The van der Waals surface area contributed by atoms with Gasteiger partial charge in [-0.25, -0.2) is 4.68 Å². The highest BCUT2D eigenvalue weighted by Crippen LogP contribution is 2.45. The number of benzene rings is 2. The Hall–Kier alpha value is -2.38. The average molecular weight is 426 g/mol. The molecule has 0 spiro atoms. The molecule has 0 aliphatic carbocycles. The third-order valence-electron chi connectivity index (χ3n) is 4.53. The maximum Gasteiger partial charge on any atom is 0.262 e. The standard InChI is InChI=1S/C22H23N3O2S2/c1-15-12-16(2)25(24-15)19-5-3-4-18(13-19)23-21(26)14-27-20-8-6-17(7-9-20)22-28-10-11-29-22/h3-9,12-13,22H,10-11,14H2,1-2H3,(H,23,26). The number of hydrogen-bond acceptors (Lipinski definition) is 5. The molecule has 0 saturated carbocycles. The van der Waals surface area contributed by atoms with Crippen LogP contribution in [0.3, 0.4) is 0 Å². The van der Waals surface area contributed by atoms with Gasteiger partial charge in [0.05, 0.1) is 16.0 Å². The Morgan fingerprint density at radius 1 is 1.14 bits per heavy atom. The Bertz CT molecular complexity index is 996. The minimum absolute atomic E-state index is 0.0313. The fraction of sp³-hybridized carbons (Fsp3) is 0.273. The highest BCUT2D eigenvalue weighted by molar-refractivity contribution is 8.19. The number of aryl methyl sites for hydroxylation is 2. The smallest absolute Gasteiger partial charge is 0.262 e. The molecular weight excluding hydrogens is 402 g/mol. The van der Waals surface area contributed by atoms with Gasteiger partial charge in [-0.2, -0.15) is 5.10 Å². The largest absolute Gasteiger partial charge is 0.484 e. The van der Waals surface area contributed by atoms with E-state index in [2.05, 4.69) is 22.5 Å². The van der Waals surface area contributed by atoms with Crippen LogP contribution in [0, 0.1) is 13.8 Å². The van der Waals surface area contributed by atoms with E-state index < -0.39 is 0 Å². The van der Waals surface area contributed by atoms with Crippen molar-refractivity contribution in [2.75, 3.05) is 23.4 Å². The first kappa shape index (κ1) is 19.9. The zero-order valence-electron chi connectivity index (χ0n) is 16.4. The van der Waals surface area contributed by atoms with Crippen LogP contribution in [0.5, 0.6) is 5.75 Å². The van der Waals surface area contributed by atoms with Crippen LogP contribution in [0.4, 0.5) is 5.69 Å². The second-order valence-corrected chi connectivity index (χ2v) is 9.59. The molecule has 0 radical (unpaired) electrons. The summed E-state index contributed by atoms with van der Waals surface area (Å²) in [6.07, 6.45) is 0. The maximum atomic E-state index is 12.3. The molecule has 1 fully saturated rings. The van der Waals surface area contributed by atoms with Gasteiger partial charge in [-0.1, -0.05) is 18.2 Å². The molecule has 5 nitrogen and oxygen atoms in total. The number of thioether (sulfide) groups is 2. The van der Waals surface area contributed by atoms with Crippen LogP contribution in [-0.2, 0) is 4.79 Å². The third-order valence-corrected chi connectivity index (χ3v) is 7.63. The van der Waals surface area contributed by atoms with Crippen LogP contribution in [0.15, 0.2) is 54.6 Å². The Morgan fingerprint density at radius 3 is 2.59 bits per heavy atom. The second kappa shape index (κ2) is 8.97. The van der Waals surface area contributed by atoms with Crippen molar-refractivity contribution in [3.05, 3.63) is 71.5 Å². The summed E-state index contributed by atoms with van der Waals surface area (Å²) in [5.41, 5.74) is 4.94. The van der Waals surface area contributed by atoms with Crippen molar-refractivity contribution in [3.8, 4) is 11.4 Å². The third kappa shape index (κ3) is 4.97. The maximum absolute atomic E-state index is 12.3. The Balaban J connectivity index is 1.34. The number of hydrogen-bond donors (Lipinski definition) is 1. The Morgan fingerprint density at radius 2 is 1.90 bits per heavy atom. The van der Waals surface area contributed by atoms with E-state index in [4.69, 9.17) is 4.74 Å². The lowest BCUT2D eigenvalue weighted by molar-refractivity contribution is -0.118. The quantitative estimate of drug-likeness (QED) is 0.603. The number of nitrogens with zero attached hydrogens (tertiary/aromatic N) is 2. The lowest BCUT2D eigenvalue weighted by Gasteiger charge is -2.11. The Labute approximate surface area is 179 Å². The van der Waals surface area contributed by atoms with Crippen molar-refractivity contribution in [1.82, 2.24) is 9.78 Å². The van der Waals surface area contributed by atoms with Gasteiger partial charge >= 0.3 is 0 Å². The van der Waals surface area contributed by atoms with E-state index in [0.29, 0.717) is 16.0 Å². The van der Waals surface area contributed by atoms with Gasteiger partial charge in [0.2, 0.25) is 0 Å². The molecule has 0 atom stereocenters. The van der Waals surface area contributed by atoms with E-state index in [9.17, 15) is 4.79 Å². The zero-order valence-corrected chi connectivity index (χ0v) is 18.1. The van der Waals surface area contributed by atoms with Crippen LogP contribution in [0.2, 0.25) is 0 Å². The van der Waals surface area contributed by atoms with Crippen molar-refractivity contribution < 1.29 is 9.53 Å². The van der Waals surface area contributed by atoms with E-state index in [0.717, 1.165) is 17.1 Å². The second-order valence-electron chi connectivity index (χ2n) is 6.87. The Kier molecular flexibility index (Phi) is 6.16. The summed E-state index contributed by atoms with van der Waals surface area (Å²) in [4.78, 5) is 12.3. The van der Waals surface area contributed by atoms with Crippen LogP contribution in [0.1, 0.15) is 21.5 Å². The van der Waals surface area contributed by atoms with Crippen LogP contribution < -0.4 is 10.1 Å². The van der Waals surface area contributed by atoms with Gasteiger partial charge in [-0.05, 0) is 55.8 Å². The predicted octanol–water partition coefficient (Wildman–Crippen LogP) is 4.99. The van der Waals surface area contributed by atoms with Gasteiger partial charge in [-0.3, -0.25) is 4.79 Å². The normalized spacial score (nSPS) is 14.1. The number of ether oxygens (including phenoxy) is 1. The molecule has 0 bridgehead atoms. The van der Waals surface area contributed by atoms with Crippen molar-refractivity contribution >= 4 is 35.1 Å². The van der Waals surface area contributed by atoms with Gasteiger partial charge in [-0.15, -0.1) is 23.5 Å². The summed E-state index contributed by atoms with van der Waals surface area (Å²) in [6, 6.07) is 17.7. The zero-order chi connectivity index (χ0) is 20.2. The predicted molar refractivity (Wildman–Crippen MR) is 121 cm³/mol. The van der Waals surface area contributed by atoms with Gasteiger partial charge in [0.25, 0.3) is 5.91 Å². The van der Waals surface area contributed by atoms with E-state index >= 15 is 0 Å². The first-order valence-corrected chi connectivity index (χ1v) is 11.6. The van der Waals surface area contributed by atoms with Crippen LogP contribution in [0.25, 0.3) is 5.69 Å². The molecule has 1 N–H and O–H groups in total. The highest BCUT2D eigenvalue weighted by Gasteiger charge is 2.18. The number of anilines is 1. The van der Waals surface area contributed by atoms with Gasteiger partial charge in [0.1, 0.15) is 5.75 Å². The van der Waals surface area contributed by atoms with Gasteiger partial charge in [0, 0.05) is 22.9 Å². The number of rotatable bonds is 6. The number of carbonyl (C=O) groups excluding carboxylic acids is 1. The van der Waals surface area contributed by atoms with E-state index in [1.54, 1.807) is 0 Å². The molecule has 2 heterocycles.